The Balaban J connectivity index is 2.47. The third kappa shape index (κ3) is 6.15. The molecule has 0 saturated heterocycles. The molecule has 1 aromatic carbocycles. The SMILES string of the molecule is CC(CC(O)c1ccccc1)NS(=O)(=O)CCCC#N. The Morgan fingerprint density at radius 2 is 2.00 bits per heavy atom. The van der Waals surface area contributed by atoms with Gasteiger partial charge in [-0.15, -0.1) is 0 Å². The summed E-state index contributed by atoms with van der Waals surface area (Å²) in [4.78, 5) is 0. The smallest absolute Gasteiger partial charge is 0.211 e. The average molecular weight is 296 g/mol. The minimum Gasteiger partial charge on any atom is -0.388 e. The minimum absolute atomic E-state index is 0.0632. The van der Waals surface area contributed by atoms with Crippen LogP contribution in [0.3, 0.4) is 0 Å². The van der Waals surface area contributed by atoms with Gasteiger partial charge in [0.25, 0.3) is 0 Å². The van der Waals surface area contributed by atoms with Crippen LogP contribution in [0.2, 0.25) is 0 Å². The molecule has 110 valence electrons. The van der Waals surface area contributed by atoms with Crippen LogP contribution in [0.4, 0.5) is 0 Å². The molecule has 0 saturated carbocycles. The molecule has 2 unspecified atom stereocenters. The van der Waals surface area contributed by atoms with Gasteiger partial charge in [0.15, 0.2) is 0 Å². The number of aliphatic hydroxyl groups is 1. The van der Waals surface area contributed by atoms with E-state index in [9.17, 15) is 13.5 Å². The lowest BCUT2D eigenvalue weighted by Crippen LogP contribution is -2.35. The highest BCUT2D eigenvalue weighted by Gasteiger charge is 2.17. The number of rotatable bonds is 8. The molecule has 6 heteroatoms. The number of aliphatic hydroxyl groups excluding tert-OH is 1. The van der Waals surface area contributed by atoms with E-state index in [0.717, 1.165) is 5.56 Å². The van der Waals surface area contributed by atoms with Gasteiger partial charge in [-0.25, -0.2) is 13.1 Å². The van der Waals surface area contributed by atoms with Gasteiger partial charge in [0.1, 0.15) is 0 Å². The van der Waals surface area contributed by atoms with E-state index in [1.54, 1.807) is 19.1 Å². The van der Waals surface area contributed by atoms with E-state index in [1.807, 2.05) is 24.3 Å². The van der Waals surface area contributed by atoms with Crippen molar-refractivity contribution in [3.8, 4) is 6.07 Å². The van der Waals surface area contributed by atoms with Crippen LogP contribution >= 0.6 is 0 Å². The first-order chi connectivity index (χ1) is 9.44. The van der Waals surface area contributed by atoms with Crippen LogP contribution in [-0.2, 0) is 10.0 Å². The van der Waals surface area contributed by atoms with Crippen LogP contribution in [0.25, 0.3) is 0 Å². The van der Waals surface area contributed by atoms with E-state index in [4.69, 9.17) is 5.26 Å². The summed E-state index contributed by atoms with van der Waals surface area (Å²) in [5.74, 6) is -0.0632. The Morgan fingerprint density at radius 1 is 1.35 bits per heavy atom. The van der Waals surface area contributed by atoms with E-state index in [-0.39, 0.29) is 18.2 Å². The Bertz CT molecular complexity index is 537. The number of benzene rings is 1. The maximum Gasteiger partial charge on any atom is 0.211 e. The standard InChI is InChI=1S/C14H20N2O3S/c1-12(16-20(18,19)10-6-5-9-15)11-14(17)13-7-3-2-4-8-13/h2-4,7-8,12,14,16-17H,5-6,10-11H2,1H3. The highest BCUT2D eigenvalue weighted by molar-refractivity contribution is 7.89. The fraction of sp³-hybridized carbons (Fsp3) is 0.500. The number of sulfonamides is 1. The first-order valence-corrected chi connectivity index (χ1v) is 8.20. The Morgan fingerprint density at radius 3 is 2.60 bits per heavy atom. The van der Waals surface area contributed by atoms with Gasteiger partial charge in [-0.3, -0.25) is 0 Å². The van der Waals surface area contributed by atoms with Crippen LogP contribution in [0, 0.1) is 11.3 Å². The second kappa shape index (κ2) is 8.00. The van der Waals surface area contributed by atoms with Gasteiger partial charge >= 0.3 is 0 Å². The molecule has 20 heavy (non-hydrogen) atoms. The van der Waals surface area contributed by atoms with Crippen molar-refractivity contribution in [1.82, 2.24) is 4.72 Å². The molecule has 0 heterocycles. The molecule has 0 bridgehead atoms. The van der Waals surface area contributed by atoms with Gasteiger partial charge in [0, 0.05) is 12.5 Å². The normalized spacial score (nSPS) is 14.4. The summed E-state index contributed by atoms with van der Waals surface area (Å²) in [6.07, 6.45) is 0.149. The maximum atomic E-state index is 11.7. The second-order valence-corrected chi connectivity index (χ2v) is 6.64. The summed E-state index contributed by atoms with van der Waals surface area (Å²) in [6.45, 7) is 1.72. The molecule has 1 aromatic rings. The fourth-order valence-corrected chi connectivity index (χ4v) is 3.25. The van der Waals surface area contributed by atoms with Gasteiger partial charge in [0.2, 0.25) is 10.0 Å². The van der Waals surface area contributed by atoms with Gasteiger partial charge in [-0.05, 0) is 25.3 Å². The van der Waals surface area contributed by atoms with E-state index in [1.165, 1.54) is 0 Å². The molecule has 0 spiro atoms. The predicted molar refractivity (Wildman–Crippen MR) is 77.3 cm³/mol. The summed E-state index contributed by atoms with van der Waals surface area (Å²) in [5.41, 5.74) is 0.767. The molecule has 2 N–H and O–H groups in total. The average Bonchev–Trinajstić information content (AvgIpc) is 2.39. The van der Waals surface area contributed by atoms with E-state index < -0.39 is 16.1 Å². The van der Waals surface area contributed by atoms with Crippen LogP contribution in [0.15, 0.2) is 30.3 Å². The van der Waals surface area contributed by atoms with Crippen molar-refractivity contribution in [3.05, 3.63) is 35.9 Å². The second-order valence-electron chi connectivity index (χ2n) is 4.76. The van der Waals surface area contributed by atoms with Gasteiger partial charge in [-0.1, -0.05) is 30.3 Å². The molecule has 0 radical (unpaired) electrons. The van der Waals surface area contributed by atoms with Gasteiger partial charge in [-0.2, -0.15) is 5.26 Å². The summed E-state index contributed by atoms with van der Waals surface area (Å²) < 4.78 is 26.0. The van der Waals surface area contributed by atoms with E-state index in [2.05, 4.69) is 4.72 Å². The first-order valence-electron chi connectivity index (χ1n) is 6.54. The lowest BCUT2D eigenvalue weighted by molar-refractivity contribution is 0.158. The van der Waals surface area contributed by atoms with Crippen molar-refractivity contribution in [1.29, 1.82) is 5.26 Å². The topological polar surface area (TPSA) is 90.2 Å². The third-order valence-electron chi connectivity index (χ3n) is 2.84. The molecular weight excluding hydrogens is 276 g/mol. The van der Waals surface area contributed by atoms with Crippen LogP contribution in [-0.4, -0.2) is 25.3 Å². The maximum absolute atomic E-state index is 11.7. The van der Waals surface area contributed by atoms with Crippen molar-refractivity contribution < 1.29 is 13.5 Å². The number of unbranched alkanes of at least 4 members (excludes halogenated alkanes) is 1. The lowest BCUT2D eigenvalue weighted by atomic mass is 10.0. The zero-order valence-electron chi connectivity index (χ0n) is 11.5. The van der Waals surface area contributed by atoms with Gasteiger partial charge in [0.05, 0.1) is 17.9 Å². The van der Waals surface area contributed by atoms with E-state index in [0.29, 0.717) is 12.8 Å². The molecule has 0 aliphatic carbocycles. The number of hydrogen-bond donors (Lipinski definition) is 2. The summed E-state index contributed by atoms with van der Waals surface area (Å²) in [5, 5.41) is 18.4. The number of nitrogens with one attached hydrogen (secondary N) is 1. The fourth-order valence-electron chi connectivity index (χ4n) is 1.90. The summed E-state index contributed by atoms with van der Waals surface area (Å²) in [7, 11) is -3.39. The van der Waals surface area contributed by atoms with Crippen LogP contribution in [0.1, 0.15) is 37.9 Å². The van der Waals surface area contributed by atoms with Crippen LogP contribution in [0.5, 0.6) is 0 Å². The van der Waals surface area contributed by atoms with E-state index >= 15 is 0 Å². The minimum atomic E-state index is -3.39. The monoisotopic (exact) mass is 296 g/mol. The van der Waals surface area contributed by atoms with Crippen molar-refractivity contribution in [2.45, 2.75) is 38.3 Å². The third-order valence-corrected chi connectivity index (χ3v) is 4.43. The Labute approximate surface area is 120 Å². The van der Waals surface area contributed by atoms with Crippen molar-refractivity contribution >= 4 is 10.0 Å². The van der Waals surface area contributed by atoms with Crippen molar-refractivity contribution in [2.24, 2.45) is 0 Å². The lowest BCUT2D eigenvalue weighted by Gasteiger charge is -2.18. The number of nitrogens with zero attached hydrogens (tertiary/aromatic N) is 1. The first kappa shape index (κ1) is 16.6. The predicted octanol–water partition coefficient (Wildman–Crippen LogP) is 1.72. The van der Waals surface area contributed by atoms with Gasteiger partial charge < -0.3 is 5.11 Å². The summed E-state index contributed by atoms with van der Waals surface area (Å²) in [6, 6.07) is 10.7. The largest absolute Gasteiger partial charge is 0.388 e. The molecular formula is C14H20N2O3S. The molecule has 1 rings (SSSR count). The van der Waals surface area contributed by atoms with Crippen molar-refractivity contribution in [2.75, 3.05) is 5.75 Å². The quantitative estimate of drug-likeness (QED) is 0.715. The Hall–Kier alpha value is -1.42. The number of nitriles is 1. The van der Waals surface area contributed by atoms with Crippen LogP contribution < -0.4 is 4.72 Å². The molecule has 0 aliphatic heterocycles. The molecule has 0 aromatic heterocycles. The highest BCUT2D eigenvalue weighted by Crippen LogP contribution is 2.18. The number of hydrogen-bond acceptors (Lipinski definition) is 4. The molecule has 2 atom stereocenters. The summed E-state index contributed by atoms with van der Waals surface area (Å²) >= 11 is 0. The van der Waals surface area contributed by atoms with Crippen molar-refractivity contribution in [3.63, 3.8) is 0 Å². The molecule has 0 fully saturated rings. The molecule has 0 aliphatic rings. The molecule has 5 nitrogen and oxygen atoms in total. The zero-order valence-corrected chi connectivity index (χ0v) is 12.3. The Kier molecular flexibility index (Phi) is 6.65. The highest BCUT2D eigenvalue weighted by atomic mass is 32.2. The molecule has 0 amide bonds. The zero-order chi connectivity index (χ0) is 15.0.